The van der Waals surface area contributed by atoms with Gasteiger partial charge in [-0.15, -0.1) is 13.2 Å². The van der Waals surface area contributed by atoms with Gasteiger partial charge in [0, 0.05) is 49.9 Å². The van der Waals surface area contributed by atoms with E-state index >= 15 is 0 Å². The number of halogens is 5. The van der Waals surface area contributed by atoms with E-state index in [-0.39, 0.29) is 33.2 Å². The topological polar surface area (TPSA) is 101 Å². The molecule has 0 radical (unpaired) electrons. The number of aliphatic hydroxyl groups is 1. The Labute approximate surface area is 230 Å². The van der Waals surface area contributed by atoms with E-state index in [2.05, 4.69) is 37.2 Å². The fourth-order valence-electron chi connectivity index (χ4n) is 4.32. The minimum absolute atomic E-state index is 0.0504. The summed E-state index contributed by atoms with van der Waals surface area (Å²) < 4.78 is 71.9. The van der Waals surface area contributed by atoms with Crippen LogP contribution in [0.1, 0.15) is 24.0 Å². The zero-order valence-electron chi connectivity index (χ0n) is 21.5. The van der Waals surface area contributed by atoms with Crippen LogP contribution in [-0.2, 0) is 6.30 Å². The highest BCUT2D eigenvalue weighted by Crippen LogP contribution is 2.32. The van der Waals surface area contributed by atoms with Crippen LogP contribution in [0.25, 0.3) is 11.4 Å². The van der Waals surface area contributed by atoms with Gasteiger partial charge in [-0.25, -0.2) is 23.7 Å². The van der Waals surface area contributed by atoms with Gasteiger partial charge in [0.15, 0.2) is 5.82 Å². The lowest BCUT2D eigenvalue weighted by atomic mass is 10.1. The molecule has 5 rings (SSSR count). The second kappa shape index (κ2) is 11.4. The van der Waals surface area contributed by atoms with Crippen molar-refractivity contribution < 1.29 is 31.8 Å². The van der Waals surface area contributed by atoms with Gasteiger partial charge in [-0.3, -0.25) is 0 Å². The standard InChI is InChI=1S/C27H22F5N7O2/c1-41-22-10-18(28)9-20(29)25(22)26-33-7-6-23(37-26)36-24-11-21(38-8-2-3-19(40)15-38)17(13-34-24)5-4-16-12-35-39(14-16)27(30,31)32/h6-7,9-14,19,40H,2-3,8,15H2,1H3,(H,33,34,36,37)/t19-/m0/s1. The Morgan fingerprint density at radius 3 is 2.66 bits per heavy atom. The highest BCUT2D eigenvalue weighted by Gasteiger charge is 2.31. The van der Waals surface area contributed by atoms with E-state index in [0.29, 0.717) is 42.6 Å². The molecule has 0 spiro atoms. The molecule has 1 aliphatic rings. The first-order chi connectivity index (χ1) is 19.6. The second-order valence-corrected chi connectivity index (χ2v) is 9.08. The van der Waals surface area contributed by atoms with E-state index in [4.69, 9.17) is 4.74 Å². The zero-order chi connectivity index (χ0) is 29.1. The molecule has 14 heteroatoms. The van der Waals surface area contributed by atoms with Crippen molar-refractivity contribution in [3.05, 3.63) is 71.8 Å². The van der Waals surface area contributed by atoms with Crippen LogP contribution in [0.4, 0.5) is 39.3 Å². The number of β-amino-alcohol motifs (C(OH)–C–C–N with tert-alkyl or cyclic N) is 1. The number of anilines is 3. The summed E-state index contributed by atoms with van der Waals surface area (Å²) in [4.78, 5) is 14.7. The maximum absolute atomic E-state index is 14.6. The van der Waals surface area contributed by atoms with Crippen molar-refractivity contribution in [1.29, 1.82) is 0 Å². The molecular weight excluding hydrogens is 549 g/mol. The molecule has 0 bridgehead atoms. The first-order valence-corrected chi connectivity index (χ1v) is 12.3. The smallest absolute Gasteiger partial charge is 0.496 e. The quantitative estimate of drug-likeness (QED) is 0.265. The number of rotatable bonds is 5. The summed E-state index contributed by atoms with van der Waals surface area (Å²) in [6, 6.07) is 4.92. The Hall–Kier alpha value is -4.77. The fraction of sp³-hybridized carbons (Fsp3) is 0.259. The van der Waals surface area contributed by atoms with Crippen LogP contribution in [0.5, 0.6) is 5.75 Å². The molecule has 1 atom stereocenters. The largest absolute Gasteiger partial charge is 0.504 e. The molecule has 212 valence electrons. The summed E-state index contributed by atoms with van der Waals surface area (Å²) in [5, 5.41) is 16.5. The normalized spacial score (nSPS) is 15.3. The van der Waals surface area contributed by atoms with Crippen molar-refractivity contribution >= 4 is 17.3 Å². The van der Waals surface area contributed by atoms with Crippen LogP contribution < -0.4 is 15.0 Å². The minimum atomic E-state index is -4.65. The van der Waals surface area contributed by atoms with E-state index in [1.54, 1.807) is 6.07 Å². The van der Waals surface area contributed by atoms with Gasteiger partial charge < -0.3 is 20.1 Å². The van der Waals surface area contributed by atoms with Crippen LogP contribution in [0, 0.1) is 23.5 Å². The molecule has 9 nitrogen and oxygen atoms in total. The Morgan fingerprint density at radius 2 is 1.93 bits per heavy atom. The Bertz CT molecular complexity index is 1630. The van der Waals surface area contributed by atoms with Gasteiger partial charge in [0.2, 0.25) is 0 Å². The van der Waals surface area contributed by atoms with Crippen molar-refractivity contribution in [2.45, 2.75) is 25.2 Å². The van der Waals surface area contributed by atoms with Gasteiger partial charge in [-0.2, -0.15) is 9.78 Å². The van der Waals surface area contributed by atoms with Crippen LogP contribution in [0.15, 0.2) is 49.1 Å². The van der Waals surface area contributed by atoms with Crippen LogP contribution >= 0.6 is 0 Å². The van der Waals surface area contributed by atoms with Gasteiger partial charge in [0.25, 0.3) is 0 Å². The molecule has 0 unspecified atom stereocenters. The predicted octanol–water partition coefficient (Wildman–Crippen LogP) is 4.60. The summed E-state index contributed by atoms with van der Waals surface area (Å²) in [7, 11) is 1.27. The van der Waals surface area contributed by atoms with E-state index in [0.717, 1.165) is 24.9 Å². The molecule has 4 aromatic rings. The third kappa shape index (κ3) is 6.36. The van der Waals surface area contributed by atoms with E-state index in [1.807, 2.05) is 4.90 Å². The van der Waals surface area contributed by atoms with Crippen molar-refractivity contribution in [3.63, 3.8) is 0 Å². The zero-order valence-corrected chi connectivity index (χ0v) is 21.5. The molecule has 1 aliphatic heterocycles. The number of hydrogen-bond donors (Lipinski definition) is 2. The Balaban J connectivity index is 1.47. The minimum Gasteiger partial charge on any atom is -0.496 e. The lowest BCUT2D eigenvalue weighted by Gasteiger charge is -2.32. The van der Waals surface area contributed by atoms with Gasteiger partial charge in [-0.05, 0) is 18.9 Å². The van der Waals surface area contributed by atoms with E-state index < -0.39 is 24.0 Å². The number of hydrogen-bond acceptors (Lipinski definition) is 8. The molecule has 0 amide bonds. The first-order valence-electron chi connectivity index (χ1n) is 12.3. The number of nitrogens with zero attached hydrogens (tertiary/aromatic N) is 6. The lowest BCUT2D eigenvalue weighted by Crippen LogP contribution is -2.38. The number of ether oxygens (including phenoxy) is 1. The van der Waals surface area contributed by atoms with E-state index in [1.165, 1.54) is 25.6 Å². The summed E-state index contributed by atoms with van der Waals surface area (Å²) in [6.45, 7) is 0.938. The number of piperidine rings is 1. The number of pyridine rings is 1. The number of nitrogens with one attached hydrogen (secondary N) is 1. The van der Waals surface area contributed by atoms with Gasteiger partial charge in [0.05, 0.1) is 41.8 Å². The number of benzene rings is 1. The predicted molar refractivity (Wildman–Crippen MR) is 138 cm³/mol. The second-order valence-electron chi connectivity index (χ2n) is 9.08. The van der Waals surface area contributed by atoms with Crippen molar-refractivity contribution in [3.8, 4) is 29.0 Å². The maximum atomic E-state index is 14.6. The third-order valence-corrected chi connectivity index (χ3v) is 6.18. The molecular formula is C27H22F5N7O2. The number of alkyl halides is 3. The number of methoxy groups -OCH3 is 1. The summed E-state index contributed by atoms with van der Waals surface area (Å²) in [5.41, 5.74) is 0.961. The summed E-state index contributed by atoms with van der Waals surface area (Å²) in [5.74, 6) is 4.27. The molecule has 1 aromatic carbocycles. The molecule has 3 aromatic heterocycles. The molecule has 41 heavy (non-hydrogen) atoms. The average molecular weight is 572 g/mol. The van der Waals surface area contributed by atoms with Gasteiger partial charge in [0.1, 0.15) is 29.0 Å². The molecule has 1 saturated heterocycles. The molecule has 1 fully saturated rings. The van der Waals surface area contributed by atoms with Crippen LogP contribution in [0.3, 0.4) is 0 Å². The summed E-state index contributed by atoms with van der Waals surface area (Å²) >= 11 is 0. The van der Waals surface area contributed by atoms with Crippen LogP contribution in [0.2, 0.25) is 0 Å². The number of aromatic nitrogens is 5. The molecule has 0 saturated carbocycles. The monoisotopic (exact) mass is 571 g/mol. The van der Waals surface area contributed by atoms with Crippen LogP contribution in [-0.4, -0.2) is 56.1 Å². The van der Waals surface area contributed by atoms with Crippen molar-refractivity contribution in [1.82, 2.24) is 24.7 Å². The fourth-order valence-corrected chi connectivity index (χ4v) is 4.32. The van der Waals surface area contributed by atoms with Crippen molar-refractivity contribution in [2.75, 3.05) is 30.4 Å². The summed E-state index contributed by atoms with van der Waals surface area (Å²) in [6.07, 6.45) is 0.768. The SMILES string of the molecule is COc1cc(F)cc(F)c1-c1nccc(Nc2cc(N3CCC[C@H](O)C3)c(C#Cc3cnn(C(F)(F)F)c3)cn2)n1. The van der Waals surface area contributed by atoms with Crippen molar-refractivity contribution in [2.24, 2.45) is 0 Å². The average Bonchev–Trinajstić information content (AvgIpc) is 3.42. The Morgan fingerprint density at radius 1 is 1.10 bits per heavy atom. The van der Waals surface area contributed by atoms with Gasteiger partial charge >= 0.3 is 6.30 Å². The number of aliphatic hydroxyl groups excluding tert-OH is 1. The highest BCUT2D eigenvalue weighted by atomic mass is 19.4. The van der Waals surface area contributed by atoms with E-state index in [9.17, 15) is 27.1 Å². The Kier molecular flexibility index (Phi) is 7.71. The highest BCUT2D eigenvalue weighted by molar-refractivity contribution is 5.69. The molecule has 2 N–H and O–H groups in total. The van der Waals surface area contributed by atoms with Gasteiger partial charge in [-0.1, -0.05) is 11.8 Å². The molecule has 4 heterocycles. The third-order valence-electron chi connectivity index (χ3n) is 6.18. The maximum Gasteiger partial charge on any atom is 0.504 e. The lowest BCUT2D eigenvalue weighted by molar-refractivity contribution is -0.212. The molecule has 0 aliphatic carbocycles. The first kappa shape index (κ1) is 27.8.